The van der Waals surface area contributed by atoms with Gasteiger partial charge < -0.3 is 5.32 Å². The molecular weight excluding hydrogens is 521 g/mol. The van der Waals surface area contributed by atoms with E-state index in [1.165, 1.54) is 4.68 Å². The third kappa shape index (κ3) is 4.81. The molecule has 1 N–H and O–H groups in total. The lowest BCUT2D eigenvalue weighted by atomic mass is 10.1. The number of hydrogen-bond acceptors (Lipinski definition) is 5. The number of carbonyl (C=O) groups excluding carboxylic acids is 1. The van der Waals surface area contributed by atoms with E-state index < -0.39 is 11.9 Å². The van der Waals surface area contributed by atoms with Crippen LogP contribution >= 0.6 is 11.6 Å². The Labute approximate surface area is 221 Å². The van der Waals surface area contributed by atoms with Crippen LogP contribution in [0.1, 0.15) is 43.3 Å². The average Bonchev–Trinajstić information content (AvgIpc) is 3.58. The summed E-state index contributed by atoms with van der Waals surface area (Å²) in [5, 5.41) is 16.2. The minimum absolute atomic E-state index is 0.0466. The number of halogens is 4. The van der Waals surface area contributed by atoms with Gasteiger partial charge in [-0.15, -0.1) is 0 Å². The highest BCUT2D eigenvalue weighted by atomic mass is 35.5. The van der Waals surface area contributed by atoms with Gasteiger partial charge in [0.25, 0.3) is 0 Å². The Bertz CT molecular complexity index is 1470. The summed E-state index contributed by atoms with van der Waals surface area (Å²) in [4.78, 5) is 14.6. The topological polar surface area (TPSA) is 85.8 Å². The molecule has 0 aliphatic carbocycles. The molecule has 0 spiro atoms. The van der Waals surface area contributed by atoms with Gasteiger partial charge in [-0.1, -0.05) is 23.7 Å². The first-order chi connectivity index (χ1) is 18.1. The highest BCUT2D eigenvalue weighted by Crippen LogP contribution is 2.34. The second-order valence-corrected chi connectivity index (χ2v) is 9.75. The van der Waals surface area contributed by atoms with Crippen molar-refractivity contribution in [3.63, 3.8) is 0 Å². The largest absolute Gasteiger partial charge is 0.435 e. The number of amides is 1. The van der Waals surface area contributed by atoms with Crippen LogP contribution in [0.15, 0.2) is 42.6 Å². The monoisotopic (exact) mass is 546 g/mol. The lowest BCUT2D eigenvalue weighted by molar-refractivity contribution is -0.141. The van der Waals surface area contributed by atoms with Gasteiger partial charge in [-0.2, -0.15) is 28.5 Å². The van der Waals surface area contributed by atoms with Gasteiger partial charge in [0.1, 0.15) is 17.2 Å². The number of nitrogens with zero attached hydrogens (tertiary/aromatic N) is 7. The Morgan fingerprint density at radius 1 is 1.13 bits per heavy atom. The number of carbonyl (C=O) groups is 1. The van der Waals surface area contributed by atoms with Gasteiger partial charge in [0.05, 0.1) is 35.7 Å². The van der Waals surface area contributed by atoms with E-state index >= 15 is 0 Å². The normalized spacial score (nSPS) is 14.0. The van der Waals surface area contributed by atoms with Gasteiger partial charge in [-0.05, 0) is 44.7 Å². The van der Waals surface area contributed by atoms with Crippen molar-refractivity contribution in [2.24, 2.45) is 0 Å². The molecule has 4 aromatic rings. The first-order valence-corrected chi connectivity index (χ1v) is 12.5. The number of nitrogens with one attached hydrogen (secondary N) is 1. The van der Waals surface area contributed by atoms with Gasteiger partial charge in [-0.25, -0.2) is 9.36 Å². The van der Waals surface area contributed by atoms with Crippen LogP contribution in [0.5, 0.6) is 0 Å². The van der Waals surface area contributed by atoms with Gasteiger partial charge in [0, 0.05) is 25.1 Å². The van der Waals surface area contributed by atoms with Crippen LogP contribution in [0, 0.1) is 0 Å². The Morgan fingerprint density at radius 3 is 2.53 bits per heavy atom. The van der Waals surface area contributed by atoms with Crippen molar-refractivity contribution in [3.05, 3.63) is 64.6 Å². The summed E-state index contributed by atoms with van der Waals surface area (Å²) in [6.07, 6.45) is -2.66. The zero-order chi connectivity index (χ0) is 27.2. The van der Waals surface area contributed by atoms with E-state index in [9.17, 15) is 18.0 Å². The molecule has 200 valence electrons. The molecule has 0 saturated heterocycles. The Hall–Kier alpha value is -3.64. The fourth-order valence-electron chi connectivity index (χ4n) is 4.52. The molecule has 0 atom stereocenters. The van der Waals surface area contributed by atoms with E-state index in [1.807, 2.05) is 19.9 Å². The molecule has 1 aromatic carbocycles. The summed E-state index contributed by atoms with van der Waals surface area (Å²) in [6.45, 7) is 4.94. The maximum atomic E-state index is 13.2. The van der Waals surface area contributed by atoms with Crippen molar-refractivity contribution in [3.8, 4) is 17.1 Å². The summed E-state index contributed by atoms with van der Waals surface area (Å²) in [7, 11) is 1.66. The summed E-state index contributed by atoms with van der Waals surface area (Å²) in [5.74, 6) is 0.598. The maximum Gasteiger partial charge on any atom is 0.435 e. The van der Waals surface area contributed by atoms with Gasteiger partial charge in [0.2, 0.25) is 5.91 Å². The first kappa shape index (κ1) is 26.0. The second-order valence-electron chi connectivity index (χ2n) is 9.35. The number of aromatic nitrogens is 6. The number of aryl methyl sites for hydroxylation is 1. The Balaban J connectivity index is 1.43. The number of hydrogen-bond donors (Lipinski definition) is 1. The Kier molecular flexibility index (Phi) is 6.78. The van der Waals surface area contributed by atoms with Crippen molar-refractivity contribution in [1.82, 2.24) is 34.7 Å². The van der Waals surface area contributed by atoms with Crippen LogP contribution < -0.4 is 10.2 Å². The molecule has 0 unspecified atom stereocenters. The van der Waals surface area contributed by atoms with Crippen LogP contribution in [0.4, 0.5) is 19.0 Å². The summed E-state index contributed by atoms with van der Waals surface area (Å²) in [5.41, 5.74) is 2.05. The number of rotatable bonds is 7. The third-order valence-electron chi connectivity index (χ3n) is 6.31. The molecule has 1 amide bonds. The molecular formula is C25H26ClF3N8O. The molecule has 0 saturated carbocycles. The predicted molar refractivity (Wildman–Crippen MR) is 136 cm³/mol. The second kappa shape index (κ2) is 9.91. The van der Waals surface area contributed by atoms with Gasteiger partial charge in [-0.3, -0.25) is 14.4 Å². The van der Waals surface area contributed by atoms with Crippen LogP contribution in [0.25, 0.3) is 17.1 Å². The zero-order valence-corrected chi connectivity index (χ0v) is 21.8. The molecule has 9 nitrogen and oxygen atoms in total. The number of fused-ring (bicyclic) bond motifs is 1. The lowest BCUT2D eigenvalue weighted by Crippen LogP contribution is -2.36. The van der Waals surface area contributed by atoms with Crippen molar-refractivity contribution in [2.45, 2.75) is 52.1 Å². The number of anilines is 1. The molecule has 0 radical (unpaired) electrons. The van der Waals surface area contributed by atoms with E-state index in [0.717, 1.165) is 11.6 Å². The Morgan fingerprint density at radius 2 is 1.87 bits per heavy atom. The maximum absolute atomic E-state index is 13.2. The molecule has 3 aromatic heterocycles. The summed E-state index contributed by atoms with van der Waals surface area (Å²) < 4.78 is 44.6. The average molecular weight is 547 g/mol. The van der Waals surface area contributed by atoms with Gasteiger partial charge in [0.15, 0.2) is 5.69 Å². The van der Waals surface area contributed by atoms with E-state index in [0.29, 0.717) is 46.6 Å². The van der Waals surface area contributed by atoms with Crippen molar-refractivity contribution in [2.75, 3.05) is 11.9 Å². The molecule has 1 aliphatic heterocycles. The van der Waals surface area contributed by atoms with E-state index in [1.54, 1.807) is 51.8 Å². The standard InChI is InChI=1S/C25H26ClF3N8O/c1-15(2)36-24(19(26)13-31-36)20-11-22-34(23(38)8-9-35(22)32-20)14-16-4-6-17(7-5-16)37-18(12-30-3)10-21(33-37)25(27,28)29/h4-7,10-11,13,15,30H,8-9,12,14H2,1-3H3. The molecule has 0 fully saturated rings. The first-order valence-electron chi connectivity index (χ1n) is 12.1. The molecule has 38 heavy (non-hydrogen) atoms. The highest BCUT2D eigenvalue weighted by Gasteiger charge is 2.35. The van der Waals surface area contributed by atoms with E-state index in [4.69, 9.17) is 16.7 Å². The fourth-order valence-corrected chi connectivity index (χ4v) is 4.75. The number of benzene rings is 1. The van der Waals surface area contributed by atoms with Crippen LogP contribution in [-0.2, 0) is 30.6 Å². The van der Waals surface area contributed by atoms with Crippen LogP contribution in [0.3, 0.4) is 0 Å². The number of alkyl halides is 3. The minimum Gasteiger partial charge on any atom is -0.314 e. The smallest absolute Gasteiger partial charge is 0.314 e. The van der Waals surface area contributed by atoms with Crippen LogP contribution in [-0.4, -0.2) is 42.3 Å². The van der Waals surface area contributed by atoms with E-state index in [2.05, 4.69) is 15.5 Å². The predicted octanol–water partition coefficient (Wildman–Crippen LogP) is 4.84. The molecule has 1 aliphatic rings. The van der Waals surface area contributed by atoms with Crippen LogP contribution in [0.2, 0.25) is 5.02 Å². The summed E-state index contributed by atoms with van der Waals surface area (Å²) >= 11 is 6.42. The van der Waals surface area contributed by atoms with Crippen molar-refractivity contribution < 1.29 is 18.0 Å². The highest BCUT2D eigenvalue weighted by molar-refractivity contribution is 6.33. The zero-order valence-electron chi connectivity index (χ0n) is 21.0. The van der Waals surface area contributed by atoms with Crippen molar-refractivity contribution in [1.29, 1.82) is 0 Å². The summed E-state index contributed by atoms with van der Waals surface area (Å²) in [6, 6.07) is 9.89. The molecule has 4 heterocycles. The molecule has 13 heteroatoms. The van der Waals surface area contributed by atoms with E-state index in [-0.39, 0.29) is 25.0 Å². The molecule has 0 bridgehead atoms. The van der Waals surface area contributed by atoms with Gasteiger partial charge >= 0.3 is 6.18 Å². The third-order valence-corrected chi connectivity index (χ3v) is 6.59. The molecule has 5 rings (SSSR count). The fraction of sp³-hybridized carbons (Fsp3) is 0.360. The SMILES string of the molecule is CNCc1cc(C(F)(F)F)nn1-c1ccc(CN2C(=O)CCn3nc(-c4c(Cl)cnn4C(C)C)cc32)cc1. The lowest BCUT2D eigenvalue weighted by Gasteiger charge is -2.27. The minimum atomic E-state index is -4.54. The quantitative estimate of drug-likeness (QED) is 0.358. The van der Waals surface area contributed by atoms with Crippen molar-refractivity contribution >= 4 is 23.3 Å².